The molecule has 1 aliphatic carbocycles. The van der Waals surface area contributed by atoms with E-state index in [-0.39, 0.29) is 17.5 Å². The van der Waals surface area contributed by atoms with Gasteiger partial charge in [0.15, 0.2) is 0 Å². The fourth-order valence-corrected chi connectivity index (χ4v) is 4.50. The summed E-state index contributed by atoms with van der Waals surface area (Å²) in [7, 11) is 5.81. The Balaban J connectivity index is 1.58. The third-order valence-electron chi connectivity index (χ3n) is 6.57. The lowest BCUT2D eigenvalue weighted by molar-refractivity contribution is -0.127. The highest BCUT2D eigenvalue weighted by Crippen LogP contribution is 2.34. The van der Waals surface area contributed by atoms with Gasteiger partial charge in [0.2, 0.25) is 5.91 Å². The first-order valence-corrected chi connectivity index (χ1v) is 12.2. The molecule has 1 aliphatic heterocycles. The Morgan fingerprint density at radius 2 is 2.09 bits per heavy atom. The van der Waals surface area contributed by atoms with E-state index >= 15 is 0 Å². The first-order valence-electron chi connectivity index (χ1n) is 12.2. The van der Waals surface area contributed by atoms with E-state index in [9.17, 15) is 9.59 Å². The molecule has 3 heterocycles. The monoisotopic (exact) mass is 464 g/mol. The van der Waals surface area contributed by atoms with E-state index < -0.39 is 0 Å². The van der Waals surface area contributed by atoms with Crippen molar-refractivity contribution in [3.63, 3.8) is 0 Å². The summed E-state index contributed by atoms with van der Waals surface area (Å²) in [4.78, 5) is 39.3. The van der Waals surface area contributed by atoms with Crippen LogP contribution >= 0.6 is 0 Å². The number of H-pyrrole nitrogens is 1. The molecule has 2 aromatic rings. The number of rotatable bonds is 9. The quantitative estimate of drug-likeness (QED) is 0.555. The smallest absolute Gasteiger partial charge is 0.271 e. The van der Waals surface area contributed by atoms with Gasteiger partial charge >= 0.3 is 0 Å². The number of nitrogens with zero attached hydrogens (tertiary/aromatic N) is 4. The molecular formula is C26H36N6O2. The van der Waals surface area contributed by atoms with Crippen molar-refractivity contribution >= 4 is 17.4 Å². The largest absolute Gasteiger partial charge is 0.373 e. The number of carbonyl (C=O) groups excluding carboxylic acids is 1. The molecule has 0 radical (unpaired) electrons. The Hall–Kier alpha value is -3.13. The number of anilines is 2. The van der Waals surface area contributed by atoms with E-state index in [2.05, 4.69) is 20.2 Å². The highest BCUT2D eigenvalue weighted by atomic mass is 16.2. The maximum atomic E-state index is 13.0. The van der Waals surface area contributed by atoms with Gasteiger partial charge in [0, 0.05) is 63.3 Å². The predicted octanol–water partition coefficient (Wildman–Crippen LogP) is 2.80. The molecule has 0 aromatic carbocycles. The summed E-state index contributed by atoms with van der Waals surface area (Å²) in [5.41, 5.74) is 2.55. The maximum absolute atomic E-state index is 13.0. The van der Waals surface area contributed by atoms with Gasteiger partial charge in [0.1, 0.15) is 11.5 Å². The van der Waals surface area contributed by atoms with Crippen molar-refractivity contribution in [2.45, 2.75) is 31.7 Å². The molecule has 0 spiro atoms. The first-order chi connectivity index (χ1) is 16.4. The molecule has 1 unspecified atom stereocenters. The van der Waals surface area contributed by atoms with E-state index in [4.69, 9.17) is 0 Å². The van der Waals surface area contributed by atoms with Crippen molar-refractivity contribution in [2.24, 2.45) is 5.92 Å². The molecule has 8 nitrogen and oxygen atoms in total. The minimum Gasteiger partial charge on any atom is -0.373 e. The summed E-state index contributed by atoms with van der Waals surface area (Å²) in [6.07, 6.45) is 11.4. The van der Waals surface area contributed by atoms with Crippen LogP contribution in [-0.4, -0.2) is 79.0 Å². The van der Waals surface area contributed by atoms with Gasteiger partial charge in [0.25, 0.3) is 5.56 Å². The van der Waals surface area contributed by atoms with Gasteiger partial charge in [-0.2, -0.15) is 0 Å². The Labute approximate surface area is 201 Å². The number of piperidine rings is 1. The summed E-state index contributed by atoms with van der Waals surface area (Å²) in [5, 5.41) is 3.07. The molecule has 182 valence electrons. The van der Waals surface area contributed by atoms with E-state index in [0.29, 0.717) is 18.2 Å². The number of amides is 1. The molecule has 2 N–H and O–H groups in total. The zero-order valence-corrected chi connectivity index (χ0v) is 20.5. The van der Waals surface area contributed by atoms with Gasteiger partial charge in [-0.25, -0.2) is 4.98 Å². The third-order valence-corrected chi connectivity index (χ3v) is 6.57. The van der Waals surface area contributed by atoms with Crippen molar-refractivity contribution in [3.05, 3.63) is 53.1 Å². The summed E-state index contributed by atoms with van der Waals surface area (Å²) in [6, 6.07) is 6.05. The number of aromatic nitrogens is 2. The topological polar surface area (TPSA) is 84.6 Å². The van der Waals surface area contributed by atoms with Crippen LogP contribution in [0.2, 0.25) is 0 Å². The number of nitrogens with one attached hydrogen (secondary N) is 2. The molecule has 8 heteroatoms. The Bertz CT molecular complexity index is 1070. The molecule has 1 amide bonds. The molecule has 2 aromatic heterocycles. The number of aromatic amines is 1. The molecular weight excluding hydrogens is 428 g/mol. The van der Waals surface area contributed by atoms with Crippen LogP contribution in [0.5, 0.6) is 0 Å². The number of likely N-dealkylation sites (N-methyl/N-ethyl adjacent to an activating group) is 1. The lowest BCUT2D eigenvalue weighted by Gasteiger charge is -2.40. The van der Waals surface area contributed by atoms with Gasteiger partial charge in [-0.1, -0.05) is 6.08 Å². The van der Waals surface area contributed by atoms with Gasteiger partial charge < -0.3 is 25.0 Å². The second-order valence-corrected chi connectivity index (χ2v) is 9.62. The molecule has 1 saturated carbocycles. The summed E-state index contributed by atoms with van der Waals surface area (Å²) < 4.78 is 0. The highest BCUT2D eigenvalue weighted by Gasteiger charge is 2.33. The number of hydrogen-bond donors (Lipinski definition) is 2. The van der Waals surface area contributed by atoms with Crippen LogP contribution in [-0.2, 0) is 4.79 Å². The molecule has 4 rings (SSSR count). The lowest BCUT2D eigenvalue weighted by Crippen LogP contribution is -2.51. The number of carbonyl (C=O) groups is 1. The van der Waals surface area contributed by atoms with Crippen molar-refractivity contribution < 1.29 is 4.79 Å². The molecule has 2 aliphatic rings. The summed E-state index contributed by atoms with van der Waals surface area (Å²) >= 11 is 0. The average molecular weight is 465 g/mol. The summed E-state index contributed by atoms with van der Waals surface area (Å²) in [5.74, 6) is 1.45. The van der Waals surface area contributed by atoms with Crippen LogP contribution in [0.1, 0.15) is 25.7 Å². The van der Waals surface area contributed by atoms with Crippen LogP contribution in [0.25, 0.3) is 11.1 Å². The normalized spacial score (nSPS) is 18.5. The molecule has 1 atom stereocenters. The predicted molar refractivity (Wildman–Crippen MR) is 137 cm³/mol. The number of pyridine rings is 2. The van der Waals surface area contributed by atoms with Gasteiger partial charge in [-0.3, -0.25) is 9.59 Å². The minimum absolute atomic E-state index is 0.0527. The van der Waals surface area contributed by atoms with Crippen molar-refractivity contribution in [3.8, 4) is 11.1 Å². The van der Waals surface area contributed by atoms with Gasteiger partial charge in [-0.05, 0) is 69.5 Å². The fraction of sp³-hybridized carbons (Fsp3) is 0.500. The second-order valence-electron chi connectivity index (χ2n) is 9.62. The van der Waals surface area contributed by atoms with Crippen LogP contribution in [0.15, 0.2) is 47.5 Å². The zero-order valence-electron chi connectivity index (χ0n) is 20.5. The SMILES string of the molecule is CNc1cc(-c2c[nH]c(=O)c(N(CC3CC3)C3CCCN(C(=O)/C=C/CN(C)C)C3)c2)ccn1. The van der Waals surface area contributed by atoms with Crippen molar-refractivity contribution in [2.75, 3.05) is 57.5 Å². The molecule has 0 bridgehead atoms. The number of likely N-dealkylation sites (tertiary alicyclic amines) is 1. The molecule has 2 fully saturated rings. The standard InChI is InChI=1S/C26H36N6O2/c1-27-24-15-20(10-11-28-24)21-14-23(26(34)29-16-21)32(17-19-8-9-19)22-6-4-13-31(18-22)25(33)7-5-12-30(2)3/h5,7,10-11,14-16,19,22H,4,6,8-9,12-13,17-18H2,1-3H3,(H,27,28)(H,29,34)/b7-5+. The lowest BCUT2D eigenvalue weighted by atomic mass is 10.0. The van der Waals surface area contributed by atoms with E-state index in [1.165, 1.54) is 12.8 Å². The van der Waals surface area contributed by atoms with Crippen LogP contribution < -0.4 is 15.8 Å². The Kier molecular flexibility index (Phi) is 7.67. The van der Waals surface area contributed by atoms with Crippen molar-refractivity contribution in [1.82, 2.24) is 19.8 Å². The van der Waals surface area contributed by atoms with Gasteiger partial charge in [0.05, 0.1) is 0 Å². The van der Waals surface area contributed by atoms with Gasteiger partial charge in [-0.15, -0.1) is 0 Å². The van der Waals surface area contributed by atoms with Crippen LogP contribution in [0.4, 0.5) is 11.5 Å². The maximum Gasteiger partial charge on any atom is 0.271 e. The fourth-order valence-electron chi connectivity index (χ4n) is 4.50. The number of hydrogen-bond acceptors (Lipinski definition) is 6. The zero-order chi connectivity index (χ0) is 24.1. The van der Waals surface area contributed by atoms with E-state index in [0.717, 1.165) is 49.4 Å². The van der Waals surface area contributed by atoms with Crippen molar-refractivity contribution in [1.29, 1.82) is 0 Å². The van der Waals surface area contributed by atoms with E-state index in [1.54, 1.807) is 18.5 Å². The van der Waals surface area contributed by atoms with Crippen LogP contribution in [0.3, 0.4) is 0 Å². The molecule has 1 saturated heterocycles. The third kappa shape index (κ3) is 6.05. The second kappa shape index (κ2) is 10.9. The van der Waals surface area contributed by atoms with E-state index in [1.807, 2.05) is 55.2 Å². The summed E-state index contributed by atoms with van der Waals surface area (Å²) in [6.45, 7) is 3.00. The first kappa shape index (κ1) is 24.0. The highest BCUT2D eigenvalue weighted by molar-refractivity contribution is 5.87. The Morgan fingerprint density at radius 1 is 1.26 bits per heavy atom. The van der Waals surface area contributed by atoms with Crippen LogP contribution in [0, 0.1) is 5.92 Å². The average Bonchev–Trinajstić information content (AvgIpc) is 3.67. The molecule has 34 heavy (non-hydrogen) atoms. The minimum atomic E-state index is -0.0818. The Morgan fingerprint density at radius 3 is 2.82 bits per heavy atom.